The van der Waals surface area contributed by atoms with Gasteiger partial charge in [-0.15, -0.1) is 0 Å². The molecule has 0 saturated carbocycles. The van der Waals surface area contributed by atoms with E-state index >= 15 is 0 Å². The molecule has 1 saturated heterocycles. The van der Waals surface area contributed by atoms with Crippen LogP contribution in [0.25, 0.3) is 11.1 Å². The highest BCUT2D eigenvalue weighted by atomic mass is 32.2. The van der Waals surface area contributed by atoms with E-state index in [1.54, 1.807) is 0 Å². The van der Waals surface area contributed by atoms with Gasteiger partial charge in [0, 0.05) is 35.8 Å². The second kappa shape index (κ2) is 4.14. The van der Waals surface area contributed by atoms with Gasteiger partial charge in [-0.1, -0.05) is 6.92 Å². The Morgan fingerprint density at radius 1 is 1.53 bits per heavy atom. The summed E-state index contributed by atoms with van der Waals surface area (Å²) >= 11 is 1.99. The SMILES string of the molecule is CC1CN(c2nc3ccc(N)cc3o2)CCS1. The van der Waals surface area contributed by atoms with E-state index < -0.39 is 0 Å². The van der Waals surface area contributed by atoms with E-state index in [9.17, 15) is 0 Å². The van der Waals surface area contributed by atoms with Crippen LogP contribution in [0.5, 0.6) is 0 Å². The van der Waals surface area contributed by atoms with Gasteiger partial charge >= 0.3 is 0 Å². The first kappa shape index (κ1) is 10.8. The van der Waals surface area contributed by atoms with Gasteiger partial charge in [0.2, 0.25) is 0 Å². The lowest BCUT2D eigenvalue weighted by atomic mass is 10.3. The Morgan fingerprint density at radius 2 is 2.41 bits per heavy atom. The van der Waals surface area contributed by atoms with E-state index in [4.69, 9.17) is 10.2 Å². The third-order valence-electron chi connectivity index (χ3n) is 2.91. The van der Waals surface area contributed by atoms with Crippen molar-refractivity contribution < 1.29 is 4.42 Å². The molecule has 3 rings (SSSR count). The van der Waals surface area contributed by atoms with Gasteiger partial charge in [-0.3, -0.25) is 0 Å². The number of benzene rings is 1. The van der Waals surface area contributed by atoms with Crippen LogP contribution in [0.15, 0.2) is 22.6 Å². The molecule has 1 aromatic carbocycles. The number of fused-ring (bicyclic) bond motifs is 1. The van der Waals surface area contributed by atoms with Gasteiger partial charge in [-0.05, 0) is 12.1 Å². The molecule has 1 aromatic heterocycles. The summed E-state index contributed by atoms with van der Waals surface area (Å²) in [5, 5.41) is 0.629. The highest BCUT2D eigenvalue weighted by Crippen LogP contribution is 2.27. The Balaban J connectivity index is 1.94. The summed E-state index contributed by atoms with van der Waals surface area (Å²) in [6.45, 7) is 4.22. The summed E-state index contributed by atoms with van der Waals surface area (Å²) < 4.78 is 5.76. The fraction of sp³-hybridized carbons (Fsp3) is 0.417. The van der Waals surface area contributed by atoms with Crippen LogP contribution in [0.1, 0.15) is 6.92 Å². The number of nitrogen functional groups attached to an aromatic ring is 1. The molecule has 0 amide bonds. The molecule has 4 nitrogen and oxygen atoms in total. The first-order valence-electron chi connectivity index (χ1n) is 5.75. The summed E-state index contributed by atoms with van der Waals surface area (Å²) in [7, 11) is 0. The molecular weight excluding hydrogens is 234 g/mol. The zero-order valence-corrected chi connectivity index (χ0v) is 10.5. The average molecular weight is 249 g/mol. The number of nitrogens with two attached hydrogens (primary N) is 1. The van der Waals surface area contributed by atoms with Crippen LogP contribution in [0.4, 0.5) is 11.7 Å². The van der Waals surface area contributed by atoms with Crippen molar-refractivity contribution in [2.24, 2.45) is 0 Å². The van der Waals surface area contributed by atoms with Crippen LogP contribution in [-0.2, 0) is 0 Å². The molecule has 90 valence electrons. The lowest BCUT2D eigenvalue weighted by Gasteiger charge is -2.28. The van der Waals surface area contributed by atoms with Gasteiger partial charge in [0.1, 0.15) is 5.52 Å². The van der Waals surface area contributed by atoms with E-state index in [0.29, 0.717) is 10.9 Å². The number of hydrogen-bond donors (Lipinski definition) is 1. The first-order chi connectivity index (χ1) is 8.22. The predicted molar refractivity (Wildman–Crippen MR) is 72.6 cm³/mol. The minimum absolute atomic E-state index is 0.629. The van der Waals surface area contributed by atoms with Crippen LogP contribution in [0.2, 0.25) is 0 Å². The summed E-state index contributed by atoms with van der Waals surface area (Å²) in [6, 6.07) is 6.30. The van der Waals surface area contributed by atoms with Crippen LogP contribution in [0.3, 0.4) is 0 Å². The number of rotatable bonds is 1. The monoisotopic (exact) mass is 249 g/mol. The zero-order chi connectivity index (χ0) is 11.8. The number of hydrogen-bond acceptors (Lipinski definition) is 5. The number of thioether (sulfide) groups is 1. The molecule has 0 radical (unpaired) electrons. The van der Waals surface area contributed by atoms with Crippen molar-refractivity contribution in [3.63, 3.8) is 0 Å². The lowest BCUT2D eigenvalue weighted by molar-refractivity contribution is 0.567. The normalized spacial score (nSPS) is 21.0. The maximum Gasteiger partial charge on any atom is 0.298 e. The molecule has 1 fully saturated rings. The fourth-order valence-corrected chi connectivity index (χ4v) is 3.07. The van der Waals surface area contributed by atoms with Crippen LogP contribution in [-0.4, -0.2) is 29.1 Å². The molecule has 5 heteroatoms. The number of nitrogens with zero attached hydrogens (tertiary/aromatic N) is 2. The van der Waals surface area contributed by atoms with Crippen molar-refractivity contribution >= 4 is 34.6 Å². The molecule has 2 aromatic rings. The number of aromatic nitrogens is 1. The minimum atomic E-state index is 0.629. The second-order valence-corrected chi connectivity index (χ2v) is 5.90. The van der Waals surface area contributed by atoms with E-state index in [-0.39, 0.29) is 0 Å². The molecular formula is C12H15N3OS. The Hall–Kier alpha value is -1.36. The summed E-state index contributed by atoms with van der Waals surface area (Å²) in [5.41, 5.74) is 8.08. The molecule has 2 heterocycles. The van der Waals surface area contributed by atoms with Gasteiger partial charge in [0.25, 0.3) is 6.01 Å². The summed E-state index contributed by atoms with van der Waals surface area (Å²) in [4.78, 5) is 6.71. The van der Waals surface area contributed by atoms with Crippen molar-refractivity contribution in [2.45, 2.75) is 12.2 Å². The predicted octanol–water partition coefficient (Wildman–Crippen LogP) is 2.35. The highest BCUT2D eigenvalue weighted by molar-refractivity contribution is 8.00. The zero-order valence-electron chi connectivity index (χ0n) is 9.72. The Kier molecular flexibility index (Phi) is 2.63. The summed E-state index contributed by atoms with van der Waals surface area (Å²) in [5.74, 6) is 1.13. The molecule has 1 aliphatic rings. The molecule has 17 heavy (non-hydrogen) atoms. The van der Waals surface area contributed by atoms with Crippen molar-refractivity contribution in [1.82, 2.24) is 4.98 Å². The van der Waals surface area contributed by atoms with Crippen LogP contribution >= 0.6 is 11.8 Å². The first-order valence-corrected chi connectivity index (χ1v) is 6.80. The standard InChI is InChI=1S/C12H15N3OS/c1-8-7-15(4-5-17-8)12-14-10-3-2-9(13)6-11(10)16-12/h2-3,6,8H,4-5,7,13H2,1H3. The number of anilines is 2. The molecule has 0 aliphatic carbocycles. The molecule has 1 atom stereocenters. The van der Waals surface area contributed by atoms with Crippen LogP contribution < -0.4 is 10.6 Å². The molecule has 2 N–H and O–H groups in total. The maximum atomic E-state index is 5.76. The second-order valence-electron chi connectivity index (χ2n) is 4.35. The minimum Gasteiger partial charge on any atom is -0.423 e. The average Bonchev–Trinajstić information content (AvgIpc) is 2.72. The Labute approximate surface area is 104 Å². The molecule has 1 unspecified atom stereocenters. The highest BCUT2D eigenvalue weighted by Gasteiger charge is 2.21. The van der Waals surface area contributed by atoms with E-state index in [1.807, 2.05) is 30.0 Å². The van der Waals surface area contributed by atoms with Gasteiger partial charge < -0.3 is 15.1 Å². The maximum absolute atomic E-state index is 5.76. The molecule has 1 aliphatic heterocycles. The summed E-state index contributed by atoms with van der Waals surface area (Å²) in [6.07, 6.45) is 0. The topological polar surface area (TPSA) is 55.3 Å². The fourth-order valence-electron chi connectivity index (χ4n) is 2.06. The van der Waals surface area contributed by atoms with E-state index in [0.717, 1.165) is 36.0 Å². The smallest absolute Gasteiger partial charge is 0.298 e. The van der Waals surface area contributed by atoms with Crippen LogP contribution in [0, 0.1) is 0 Å². The van der Waals surface area contributed by atoms with Crippen molar-refractivity contribution in [3.8, 4) is 0 Å². The van der Waals surface area contributed by atoms with Crippen molar-refractivity contribution in [3.05, 3.63) is 18.2 Å². The Bertz CT molecular complexity index is 540. The third kappa shape index (κ3) is 2.07. The Morgan fingerprint density at radius 3 is 3.24 bits per heavy atom. The lowest BCUT2D eigenvalue weighted by Crippen LogP contribution is -2.36. The van der Waals surface area contributed by atoms with Gasteiger partial charge in [0.15, 0.2) is 5.58 Å². The van der Waals surface area contributed by atoms with Crippen molar-refractivity contribution in [1.29, 1.82) is 0 Å². The van der Waals surface area contributed by atoms with Crippen molar-refractivity contribution in [2.75, 3.05) is 29.5 Å². The largest absolute Gasteiger partial charge is 0.423 e. The third-order valence-corrected chi connectivity index (χ3v) is 4.05. The van der Waals surface area contributed by atoms with E-state index in [1.165, 1.54) is 0 Å². The molecule has 0 spiro atoms. The van der Waals surface area contributed by atoms with Gasteiger partial charge in [-0.2, -0.15) is 16.7 Å². The number of oxazole rings is 1. The van der Waals surface area contributed by atoms with Gasteiger partial charge in [-0.25, -0.2) is 0 Å². The van der Waals surface area contributed by atoms with E-state index in [2.05, 4.69) is 16.8 Å². The quantitative estimate of drug-likeness (QED) is 0.786. The molecule has 0 bridgehead atoms. The van der Waals surface area contributed by atoms with Gasteiger partial charge in [0.05, 0.1) is 0 Å².